The minimum absolute atomic E-state index is 0.0370. The summed E-state index contributed by atoms with van der Waals surface area (Å²) in [5.74, 6) is 4.63. The largest absolute Gasteiger partial charge is 0.493 e. The molecule has 2 aromatic rings. The van der Waals surface area contributed by atoms with Gasteiger partial charge in [-0.3, -0.25) is 4.79 Å². The highest BCUT2D eigenvalue weighted by Gasteiger charge is 2.21. The van der Waals surface area contributed by atoms with Crippen molar-refractivity contribution in [3.63, 3.8) is 0 Å². The van der Waals surface area contributed by atoms with Crippen LogP contribution in [0.25, 0.3) is 11.4 Å². The minimum atomic E-state index is 0.0370. The molecule has 2 heterocycles. The van der Waals surface area contributed by atoms with E-state index in [0.717, 1.165) is 30.4 Å². The standard InChI is InChI=1S/C23H34N4O4S/c1-16-10-17(2)13-27(12-16)9-5-8-24-21(28)14-32-15-22-25-23(26-31-22)18-6-7-19(29-3)20(11-18)30-4/h6-7,11,16-17H,5,8-10,12-15H2,1-4H3,(H,24,28)/t16-,17+. The molecule has 176 valence electrons. The molecular weight excluding hydrogens is 428 g/mol. The Bertz CT molecular complexity index is 865. The van der Waals surface area contributed by atoms with E-state index in [0.29, 0.717) is 41.3 Å². The Labute approximate surface area is 194 Å². The average Bonchev–Trinajstić information content (AvgIpc) is 3.24. The van der Waals surface area contributed by atoms with Crippen molar-refractivity contribution in [1.82, 2.24) is 20.4 Å². The van der Waals surface area contributed by atoms with E-state index in [-0.39, 0.29) is 5.91 Å². The first-order valence-electron chi connectivity index (χ1n) is 11.1. The number of aromatic nitrogens is 2. The molecule has 0 spiro atoms. The first-order valence-corrected chi connectivity index (χ1v) is 12.3. The number of hydrogen-bond donors (Lipinski definition) is 1. The predicted octanol–water partition coefficient (Wildman–Crippen LogP) is 3.47. The summed E-state index contributed by atoms with van der Waals surface area (Å²) in [7, 11) is 3.17. The second-order valence-electron chi connectivity index (χ2n) is 8.48. The summed E-state index contributed by atoms with van der Waals surface area (Å²) in [6.45, 7) is 8.74. The molecular formula is C23H34N4O4S. The zero-order valence-corrected chi connectivity index (χ0v) is 20.2. The van der Waals surface area contributed by atoms with Crippen LogP contribution < -0.4 is 14.8 Å². The summed E-state index contributed by atoms with van der Waals surface area (Å²) in [5, 5.41) is 7.04. The molecule has 1 amide bonds. The maximum absolute atomic E-state index is 12.1. The van der Waals surface area contributed by atoms with Crippen LogP contribution in [0.3, 0.4) is 0 Å². The van der Waals surface area contributed by atoms with Crippen molar-refractivity contribution in [2.75, 3.05) is 46.2 Å². The number of nitrogens with one attached hydrogen (secondary N) is 1. The fourth-order valence-electron chi connectivity index (χ4n) is 4.19. The van der Waals surface area contributed by atoms with E-state index in [9.17, 15) is 4.79 Å². The molecule has 0 unspecified atom stereocenters. The Hall–Kier alpha value is -2.26. The smallest absolute Gasteiger partial charge is 0.236 e. The summed E-state index contributed by atoms with van der Waals surface area (Å²) in [5.41, 5.74) is 0.776. The monoisotopic (exact) mass is 462 g/mol. The van der Waals surface area contributed by atoms with Gasteiger partial charge in [0, 0.05) is 25.2 Å². The number of likely N-dealkylation sites (tertiary alicyclic amines) is 1. The van der Waals surface area contributed by atoms with Crippen molar-refractivity contribution in [1.29, 1.82) is 0 Å². The van der Waals surface area contributed by atoms with Crippen LogP contribution in [-0.4, -0.2) is 67.1 Å². The summed E-state index contributed by atoms with van der Waals surface area (Å²) in [6.07, 6.45) is 2.30. The van der Waals surface area contributed by atoms with E-state index in [1.54, 1.807) is 26.4 Å². The van der Waals surface area contributed by atoms with E-state index in [1.807, 2.05) is 6.07 Å². The lowest BCUT2D eigenvalue weighted by Gasteiger charge is -2.34. The van der Waals surface area contributed by atoms with Crippen LogP contribution in [0.15, 0.2) is 22.7 Å². The second-order valence-corrected chi connectivity index (χ2v) is 9.47. The van der Waals surface area contributed by atoms with Gasteiger partial charge in [-0.1, -0.05) is 19.0 Å². The van der Waals surface area contributed by atoms with Gasteiger partial charge in [0.25, 0.3) is 0 Å². The van der Waals surface area contributed by atoms with Gasteiger partial charge in [0.2, 0.25) is 17.6 Å². The zero-order chi connectivity index (χ0) is 22.9. The molecule has 1 saturated heterocycles. The van der Waals surface area contributed by atoms with Gasteiger partial charge in [0.1, 0.15) is 0 Å². The van der Waals surface area contributed by atoms with E-state index >= 15 is 0 Å². The number of carbonyl (C=O) groups is 1. The Morgan fingerprint density at radius 3 is 2.69 bits per heavy atom. The number of nitrogens with zero attached hydrogens (tertiary/aromatic N) is 3. The molecule has 1 N–H and O–H groups in total. The van der Waals surface area contributed by atoms with Gasteiger partial charge in [-0.2, -0.15) is 4.98 Å². The number of rotatable bonds is 11. The molecule has 0 radical (unpaired) electrons. The number of thioether (sulfide) groups is 1. The SMILES string of the molecule is COc1ccc(-c2noc(CSCC(=O)NCCCN3C[C@H](C)C[C@H](C)C3)n2)cc1OC. The lowest BCUT2D eigenvalue weighted by atomic mass is 9.92. The average molecular weight is 463 g/mol. The van der Waals surface area contributed by atoms with Crippen molar-refractivity contribution < 1.29 is 18.8 Å². The first kappa shape index (κ1) is 24.4. The molecule has 8 nitrogen and oxygen atoms in total. The van der Waals surface area contributed by atoms with Crippen LogP contribution in [0.5, 0.6) is 11.5 Å². The van der Waals surface area contributed by atoms with Crippen molar-refractivity contribution in [2.24, 2.45) is 11.8 Å². The summed E-state index contributed by atoms with van der Waals surface area (Å²) >= 11 is 1.46. The molecule has 1 aromatic heterocycles. The Morgan fingerprint density at radius 2 is 1.97 bits per heavy atom. The van der Waals surface area contributed by atoms with Gasteiger partial charge in [0.15, 0.2) is 11.5 Å². The van der Waals surface area contributed by atoms with Crippen LogP contribution in [0.1, 0.15) is 32.6 Å². The van der Waals surface area contributed by atoms with E-state index in [1.165, 1.54) is 31.3 Å². The minimum Gasteiger partial charge on any atom is -0.493 e. The highest BCUT2D eigenvalue weighted by atomic mass is 32.2. The third-order valence-corrected chi connectivity index (χ3v) is 6.40. The van der Waals surface area contributed by atoms with E-state index in [2.05, 4.69) is 34.2 Å². The van der Waals surface area contributed by atoms with Gasteiger partial charge in [-0.25, -0.2) is 0 Å². The van der Waals surface area contributed by atoms with Gasteiger partial charge in [0.05, 0.1) is 25.7 Å². The molecule has 32 heavy (non-hydrogen) atoms. The molecule has 3 rings (SSSR count). The lowest BCUT2D eigenvalue weighted by Crippen LogP contribution is -2.40. The fraction of sp³-hybridized carbons (Fsp3) is 0.609. The summed E-state index contributed by atoms with van der Waals surface area (Å²) in [4.78, 5) is 19.0. The second kappa shape index (κ2) is 12.1. The van der Waals surface area contributed by atoms with Gasteiger partial charge >= 0.3 is 0 Å². The molecule has 0 saturated carbocycles. The summed E-state index contributed by atoms with van der Waals surface area (Å²) in [6, 6.07) is 5.46. The number of methoxy groups -OCH3 is 2. The summed E-state index contributed by atoms with van der Waals surface area (Å²) < 4.78 is 15.9. The molecule has 1 aliphatic rings. The number of amides is 1. The lowest BCUT2D eigenvalue weighted by molar-refractivity contribution is -0.118. The van der Waals surface area contributed by atoms with Crippen molar-refractivity contribution in [2.45, 2.75) is 32.4 Å². The normalized spacial score (nSPS) is 19.0. The van der Waals surface area contributed by atoms with Gasteiger partial charge in [-0.15, -0.1) is 11.8 Å². The topological polar surface area (TPSA) is 89.7 Å². The Morgan fingerprint density at radius 1 is 1.22 bits per heavy atom. The molecule has 2 atom stereocenters. The van der Waals surface area contributed by atoms with E-state index < -0.39 is 0 Å². The molecule has 1 aliphatic heterocycles. The Balaban J connectivity index is 1.35. The maximum Gasteiger partial charge on any atom is 0.236 e. The molecule has 9 heteroatoms. The third kappa shape index (κ3) is 7.13. The van der Waals surface area contributed by atoms with Crippen molar-refractivity contribution >= 4 is 17.7 Å². The van der Waals surface area contributed by atoms with Gasteiger partial charge < -0.3 is 24.2 Å². The number of carbonyl (C=O) groups excluding carboxylic acids is 1. The quantitative estimate of drug-likeness (QED) is 0.508. The fourth-order valence-corrected chi connectivity index (χ4v) is 4.87. The molecule has 0 aliphatic carbocycles. The van der Waals surface area contributed by atoms with Gasteiger partial charge in [-0.05, 0) is 49.4 Å². The number of hydrogen-bond acceptors (Lipinski definition) is 8. The third-order valence-electron chi connectivity index (χ3n) is 5.49. The highest BCUT2D eigenvalue weighted by Crippen LogP contribution is 2.31. The number of benzene rings is 1. The number of ether oxygens (including phenoxy) is 2. The first-order chi connectivity index (χ1) is 15.5. The van der Waals surface area contributed by atoms with Crippen molar-refractivity contribution in [3.05, 3.63) is 24.1 Å². The van der Waals surface area contributed by atoms with Crippen LogP contribution in [0.4, 0.5) is 0 Å². The predicted molar refractivity (Wildman–Crippen MR) is 126 cm³/mol. The highest BCUT2D eigenvalue weighted by molar-refractivity contribution is 7.99. The van der Waals surface area contributed by atoms with Crippen LogP contribution >= 0.6 is 11.8 Å². The molecule has 1 aromatic carbocycles. The maximum atomic E-state index is 12.1. The molecule has 1 fully saturated rings. The zero-order valence-electron chi connectivity index (χ0n) is 19.4. The van der Waals surface area contributed by atoms with Crippen LogP contribution in [-0.2, 0) is 10.5 Å². The van der Waals surface area contributed by atoms with Crippen LogP contribution in [0, 0.1) is 11.8 Å². The molecule has 0 bridgehead atoms. The van der Waals surface area contributed by atoms with Crippen LogP contribution in [0.2, 0.25) is 0 Å². The van der Waals surface area contributed by atoms with E-state index in [4.69, 9.17) is 14.0 Å². The van der Waals surface area contributed by atoms with Crippen molar-refractivity contribution in [3.8, 4) is 22.9 Å². The number of piperidine rings is 1. The Kier molecular flexibility index (Phi) is 9.23.